The molecule has 0 fully saturated rings. The summed E-state index contributed by atoms with van der Waals surface area (Å²) in [5, 5.41) is 1.76. The minimum atomic E-state index is -3.90. The van der Waals surface area contributed by atoms with Crippen LogP contribution >= 0.6 is 11.3 Å². The van der Waals surface area contributed by atoms with Gasteiger partial charge in [0.25, 0.3) is 10.0 Å². The molecule has 1 heterocycles. The highest BCUT2D eigenvalue weighted by Crippen LogP contribution is 2.26. The van der Waals surface area contributed by atoms with Gasteiger partial charge in [0.05, 0.1) is 21.0 Å². The number of aryl methyl sites for hydroxylation is 1. The Morgan fingerprint density at radius 3 is 2.40 bits per heavy atom. The van der Waals surface area contributed by atoms with Gasteiger partial charge >= 0.3 is 5.97 Å². The van der Waals surface area contributed by atoms with E-state index in [4.69, 9.17) is 4.74 Å². The molecule has 0 aliphatic carbocycles. The summed E-state index contributed by atoms with van der Waals surface area (Å²) < 4.78 is 33.0. The standard InChI is InChI=1S/C22H21NO5S2/c1-3-23(18-8-5-4-6-9-18)30(26,27)21-14-17(12-11-16(21)2)22(25)28-15-19(24)20-10-7-13-29-20/h4-14H,3,15H2,1-2H3. The highest BCUT2D eigenvalue weighted by Gasteiger charge is 2.26. The van der Waals surface area contributed by atoms with Crippen LogP contribution < -0.4 is 4.31 Å². The molecular formula is C22H21NO5S2. The summed E-state index contributed by atoms with van der Waals surface area (Å²) in [6, 6.07) is 16.5. The first-order chi connectivity index (χ1) is 14.3. The van der Waals surface area contributed by atoms with E-state index in [0.29, 0.717) is 16.1 Å². The third kappa shape index (κ3) is 4.60. The number of para-hydroxylation sites is 1. The minimum absolute atomic E-state index is 0.0206. The van der Waals surface area contributed by atoms with Gasteiger partial charge in [-0.25, -0.2) is 13.2 Å². The lowest BCUT2D eigenvalue weighted by Gasteiger charge is -2.24. The zero-order valence-corrected chi connectivity index (χ0v) is 18.2. The molecule has 2 aromatic carbocycles. The van der Waals surface area contributed by atoms with Gasteiger partial charge in [-0.1, -0.05) is 30.3 Å². The molecule has 0 amide bonds. The molecule has 0 saturated carbocycles. The largest absolute Gasteiger partial charge is 0.454 e. The molecule has 8 heteroatoms. The van der Waals surface area contributed by atoms with Crippen molar-refractivity contribution in [2.75, 3.05) is 17.5 Å². The van der Waals surface area contributed by atoms with Crippen molar-refractivity contribution >= 4 is 38.8 Å². The summed E-state index contributed by atoms with van der Waals surface area (Å²) in [6.07, 6.45) is 0. The van der Waals surface area contributed by atoms with Gasteiger partial charge in [-0.3, -0.25) is 9.10 Å². The molecule has 156 valence electrons. The highest BCUT2D eigenvalue weighted by atomic mass is 32.2. The Balaban J connectivity index is 1.85. The third-order valence-electron chi connectivity index (χ3n) is 4.45. The molecule has 3 aromatic rings. The molecule has 0 bridgehead atoms. The first-order valence-corrected chi connectivity index (χ1v) is 11.6. The van der Waals surface area contributed by atoms with E-state index in [2.05, 4.69) is 0 Å². The number of Topliss-reactive ketones (excluding diaryl/α,β-unsaturated/α-hetero) is 1. The monoisotopic (exact) mass is 443 g/mol. The van der Waals surface area contributed by atoms with Crippen LogP contribution in [0.1, 0.15) is 32.5 Å². The summed E-state index contributed by atoms with van der Waals surface area (Å²) in [6.45, 7) is 3.24. The van der Waals surface area contributed by atoms with Crippen LogP contribution in [0.15, 0.2) is 70.9 Å². The Labute approximate surface area is 179 Å². The maximum atomic E-state index is 13.3. The van der Waals surface area contributed by atoms with E-state index in [1.54, 1.807) is 61.7 Å². The van der Waals surface area contributed by atoms with E-state index in [9.17, 15) is 18.0 Å². The van der Waals surface area contributed by atoms with Crippen LogP contribution in [0.4, 0.5) is 5.69 Å². The molecule has 0 spiro atoms. The van der Waals surface area contributed by atoms with Crippen LogP contribution in [-0.4, -0.2) is 33.3 Å². The number of esters is 1. The number of benzene rings is 2. The van der Waals surface area contributed by atoms with Crippen molar-refractivity contribution in [1.29, 1.82) is 0 Å². The second-order valence-electron chi connectivity index (χ2n) is 6.46. The predicted octanol–water partition coefficient (Wildman–Crippen LogP) is 4.31. The van der Waals surface area contributed by atoms with Crippen molar-refractivity contribution < 1.29 is 22.7 Å². The molecule has 0 unspecified atom stereocenters. The fourth-order valence-electron chi connectivity index (χ4n) is 2.93. The van der Waals surface area contributed by atoms with E-state index in [-0.39, 0.29) is 22.8 Å². The Kier molecular flexibility index (Phi) is 6.69. The lowest BCUT2D eigenvalue weighted by molar-refractivity contribution is 0.0475. The predicted molar refractivity (Wildman–Crippen MR) is 117 cm³/mol. The SMILES string of the molecule is CCN(c1ccccc1)S(=O)(=O)c1cc(C(=O)OCC(=O)c2cccs2)ccc1C. The molecule has 6 nitrogen and oxygen atoms in total. The zero-order valence-electron chi connectivity index (χ0n) is 16.6. The van der Waals surface area contributed by atoms with Gasteiger partial charge in [-0.15, -0.1) is 11.3 Å². The Hall–Kier alpha value is -2.97. The summed E-state index contributed by atoms with van der Waals surface area (Å²) in [4.78, 5) is 25.0. The second kappa shape index (κ2) is 9.23. The number of carbonyl (C=O) groups is 2. The number of hydrogen-bond acceptors (Lipinski definition) is 6. The van der Waals surface area contributed by atoms with Crippen molar-refractivity contribution in [2.24, 2.45) is 0 Å². The van der Waals surface area contributed by atoms with Crippen molar-refractivity contribution in [3.8, 4) is 0 Å². The zero-order chi connectivity index (χ0) is 21.7. The van der Waals surface area contributed by atoms with Crippen LogP contribution in [0.5, 0.6) is 0 Å². The first-order valence-electron chi connectivity index (χ1n) is 9.27. The lowest BCUT2D eigenvalue weighted by atomic mass is 10.1. The van der Waals surface area contributed by atoms with Crippen LogP contribution in [0.25, 0.3) is 0 Å². The smallest absolute Gasteiger partial charge is 0.338 e. The summed E-state index contributed by atoms with van der Waals surface area (Å²) >= 11 is 1.26. The number of thiophene rings is 1. The average Bonchev–Trinajstić information content (AvgIpc) is 3.28. The van der Waals surface area contributed by atoms with E-state index < -0.39 is 22.6 Å². The quantitative estimate of drug-likeness (QED) is 0.383. The molecule has 0 aliphatic rings. The minimum Gasteiger partial charge on any atom is -0.454 e. The Morgan fingerprint density at radius 1 is 1.03 bits per heavy atom. The number of carbonyl (C=O) groups excluding carboxylic acids is 2. The topological polar surface area (TPSA) is 80.8 Å². The second-order valence-corrected chi connectivity index (χ2v) is 9.24. The fourth-order valence-corrected chi connectivity index (χ4v) is 5.31. The van der Waals surface area contributed by atoms with Gasteiger partial charge in [0.15, 0.2) is 6.61 Å². The summed E-state index contributed by atoms with van der Waals surface area (Å²) in [5.41, 5.74) is 1.12. The molecule has 1 aromatic heterocycles. The van der Waals surface area contributed by atoms with E-state index >= 15 is 0 Å². The first kappa shape index (κ1) is 21.7. The van der Waals surface area contributed by atoms with Gasteiger partial charge in [-0.2, -0.15) is 0 Å². The maximum absolute atomic E-state index is 13.3. The molecule has 30 heavy (non-hydrogen) atoms. The van der Waals surface area contributed by atoms with Crippen molar-refractivity contribution in [2.45, 2.75) is 18.7 Å². The molecule has 0 N–H and O–H groups in total. The number of sulfonamides is 1. The van der Waals surface area contributed by atoms with Crippen LogP contribution in [-0.2, 0) is 14.8 Å². The number of anilines is 1. The van der Waals surface area contributed by atoms with Gasteiger partial charge < -0.3 is 4.74 Å². The summed E-state index contributed by atoms with van der Waals surface area (Å²) in [5.74, 6) is -1.06. The molecular weight excluding hydrogens is 422 g/mol. The fraction of sp³-hybridized carbons (Fsp3) is 0.182. The van der Waals surface area contributed by atoms with Crippen molar-refractivity contribution in [1.82, 2.24) is 0 Å². The molecule has 0 radical (unpaired) electrons. The number of nitrogens with zero attached hydrogens (tertiary/aromatic N) is 1. The van der Waals surface area contributed by atoms with E-state index in [1.807, 2.05) is 6.07 Å². The Bertz CT molecular complexity index is 1140. The number of hydrogen-bond donors (Lipinski definition) is 0. The molecule has 0 atom stereocenters. The molecule has 0 saturated heterocycles. The van der Waals surface area contributed by atoms with Crippen LogP contribution in [0, 0.1) is 6.92 Å². The van der Waals surface area contributed by atoms with Crippen LogP contribution in [0.3, 0.4) is 0 Å². The number of ether oxygens (including phenoxy) is 1. The molecule has 3 rings (SSSR count). The van der Waals surface area contributed by atoms with Gasteiger partial charge in [0, 0.05) is 6.54 Å². The van der Waals surface area contributed by atoms with Gasteiger partial charge in [-0.05, 0) is 55.1 Å². The van der Waals surface area contributed by atoms with E-state index in [1.165, 1.54) is 27.8 Å². The van der Waals surface area contributed by atoms with Crippen molar-refractivity contribution in [3.63, 3.8) is 0 Å². The van der Waals surface area contributed by atoms with Crippen molar-refractivity contribution in [3.05, 3.63) is 82.0 Å². The normalized spacial score (nSPS) is 11.1. The van der Waals surface area contributed by atoms with E-state index in [0.717, 1.165) is 0 Å². The summed E-state index contributed by atoms with van der Waals surface area (Å²) in [7, 11) is -3.90. The van der Waals surface area contributed by atoms with Gasteiger partial charge in [0.1, 0.15) is 0 Å². The van der Waals surface area contributed by atoms with Gasteiger partial charge in [0.2, 0.25) is 5.78 Å². The number of rotatable bonds is 8. The maximum Gasteiger partial charge on any atom is 0.338 e. The van der Waals surface area contributed by atoms with Crippen LogP contribution in [0.2, 0.25) is 0 Å². The highest BCUT2D eigenvalue weighted by molar-refractivity contribution is 7.92. The number of ketones is 1. The lowest BCUT2D eigenvalue weighted by Crippen LogP contribution is -2.31. The molecule has 0 aliphatic heterocycles. The Morgan fingerprint density at radius 2 is 1.77 bits per heavy atom. The average molecular weight is 444 g/mol. The third-order valence-corrected chi connectivity index (χ3v) is 7.41.